The molecule has 0 saturated heterocycles. The number of benzene rings is 8. The molecule has 0 amide bonds. The predicted octanol–water partition coefficient (Wildman–Crippen LogP) is 14.9. The Morgan fingerprint density at radius 2 is 1.13 bits per heavy atom. The Labute approximate surface area is 308 Å². The first kappa shape index (κ1) is 29.9. The molecular weight excluding hydrogens is 645 g/mol. The lowest BCUT2D eigenvalue weighted by molar-refractivity contribution is 0.666. The van der Waals surface area contributed by atoms with E-state index >= 15 is 0 Å². The third kappa shape index (κ3) is 4.21. The summed E-state index contributed by atoms with van der Waals surface area (Å²) in [7, 11) is 0. The van der Waals surface area contributed by atoms with E-state index in [-0.39, 0.29) is 5.41 Å². The Kier molecular flexibility index (Phi) is 6.40. The first-order chi connectivity index (χ1) is 25.6. The summed E-state index contributed by atoms with van der Waals surface area (Å²) in [5, 5.41) is 10.8. The minimum absolute atomic E-state index is 0.0930. The van der Waals surface area contributed by atoms with Crippen LogP contribution >= 0.6 is 11.3 Å². The van der Waals surface area contributed by atoms with Gasteiger partial charge in [0.15, 0.2) is 0 Å². The molecule has 246 valence electrons. The fourth-order valence-corrected chi connectivity index (χ4v) is 10.7. The maximum Gasteiger partial charge on any atom is 0.0361 e. The van der Waals surface area contributed by atoms with Crippen LogP contribution in [0.15, 0.2) is 158 Å². The van der Waals surface area contributed by atoms with Crippen molar-refractivity contribution in [3.63, 3.8) is 0 Å². The van der Waals surface area contributed by atoms with Crippen LogP contribution in [0, 0.1) is 0 Å². The van der Waals surface area contributed by atoms with Gasteiger partial charge in [0.2, 0.25) is 0 Å². The van der Waals surface area contributed by atoms with Crippen molar-refractivity contribution in [3.8, 4) is 33.4 Å². The van der Waals surface area contributed by atoms with Gasteiger partial charge in [-0.05, 0) is 119 Å². The van der Waals surface area contributed by atoms with E-state index in [1.54, 1.807) is 0 Å². The second-order valence-electron chi connectivity index (χ2n) is 15.1. The molecule has 0 aliphatic heterocycles. The normalized spacial score (nSPS) is 14.8. The quantitative estimate of drug-likeness (QED) is 0.163. The summed E-state index contributed by atoms with van der Waals surface area (Å²) in [6.45, 7) is 4.81. The van der Waals surface area contributed by atoms with Crippen molar-refractivity contribution in [2.24, 2.45) is 0 Å². The van der Waals surface area contributed by atoms with Crippen molar-refractivity contribution in [1.29, 1.82) is 0 Å². The summed E-state index contributed by atoms with van der Waals surface area (Å²) < 4.78 is 2.72. The second-order valence-corrected chi connectivity index (χ2v) is 16.2. The van der Waals surface area contributed by atoms with Crippen LogP contribution in [0.1, 0.15) is 43.4 Å². The molecule has 2 aliphatic rings. The molecule has 0 spiro atoms. The molecule has 0 atom stereocenters. The maximum atomic E-state index is 2.44. The van der Waals surface area contributed by atoms with E-state index in [0.717, 1.165) is 12.8 Å². The maximum absolute atomic E-state index is 2.44. The smallest absolute Gasteiger partial charge is 0.0361 e. The van der Waals surface area contributed by atoms with Gasteiger partial charge >= 0.3 is 0 Å². The number of rotatable bonds is 3. The van der Waals surface area contributed by atoms with E-state index < -0.39 is 0 Å². The Balaban J connectivity index is 1.04. The van der Waals surface area contributed by atoms with Gasteiger partial charge in [-0.1, -0.05) is 153 Å². The minimum Gasteiger partial charge on any atom is -0.135 e. The molecule has 2 aliphatic carbocycles. The summed E-state index contributed by atoms with van der Waals surface area (Å²) in [5.74, 6) is 0. The molecule has 52 heavy (non-hydrogen) atoms. The van der Waals surface area contributed by atoms with Crippen LogP contribution in [0.25, 0.3) is 91.4 Å². The van der Waals surface area contributed by atoms with Crippen molar-refractivity contribution in [2.75, 3.05) is 0 Å². The largest absolute Gasteiger partial charge is 0.135 e. The summed E-state index contributed by atoms with van der Waals surface area (Å²) in [6, 6.07) is 52.8. The van der Waals surface area contributed by atoms with E-state index in [1.807, 2.05) is 11.3 Å². The highest BCUT2D eigenvalue weighted by Gasteiger charge is 2.37. The first-order valence-electron chi connectivity index (χ1n) is 18.5. The summed E-state index contributed by atoms with van der Waals surface area (Å²) in [6.07, 6.45) is 8.98. The number of allylic oxidation sites excluding steroid dienone is 4. The molecule has 0 radical (unpaired) electrons. The highest BCUT2D eigenvalue weighted by Crippen LogP contribution is 2.54. The Bertz CT molecular complexity index is 2960. The predicted molar refractivity (Wildman–Crippen MR) is 227 cm³/mol. The summed E-state index contributed by atoms with van der Waals surface area (Å²) in [4.78, 5) is 0. The molecule has 1 heteroatoms. The third-order valence-electron chi connectivity index (χ3n) is 11.9. The average molecular weight is 681 g/mol. The topological polar surface area (TPSA) is 0 Å². The van der Waals surface area contributed by atoms with Gasteiger partial charge < -0.3 is 0 Å². The lowest BCUT2D eigenvalue weighted by atomic mass is 9.79. The Morgan fingerprint density at radius 3 is 1.85 bits per heavy atom. The van der Waals surface area contributed by atoms with Crippen LogP contribution in [-0.2, 0) is 5.41 Å². The first-order valence-corrected chi connectivity index (χ1v) is 19.3. The van der Waals surface area contributed by atoms with Crippen molar-refractivity contribution in [2.45, 2.75) is 32.1 Å². The van der Waals surface area contributed by atoms with E-state index in [0.29, 0.717) is 0 Å². The van der Waals surface area contributed by atoms with Gasteiger partial charge in [0, 0.05) is 25.6 Å². The van der Waals surface area contributed by atoms with Gasteiger partial charge in [-0.15, -0.1) is 11.3 Å². The molecule has 0 nitrogen and oxygen atoms in total. The van der Waals surface area contributed by atoms with Gasteiger partial charge in [0.25, 0.3) is 0 Å². The van der Waals surface area contributed by atoms with Crippen molar-refractivity contribution in [3.05, 3.63) is 174 Å². The van der Waals surface area contributed by atoms with E-state index in [1.165, 1.54) is 108 Å². The van der Waals surface area contributed by atoms with Crippen LogP contribution in [0.5, 0.6) is 0 Å². The molecular formula is C51H36S. The van der Waals surface area contributed by atoms with Crippen LogP contribution in [0.4, 0.5) is 0 Å². The van der Waals surface area contributed by atoms with Crippen LogP contribution in [0.2, 0.25) is 0 Å². The lowest BCUT2D eigenvalue weighted by Gasteiger charge is -2.23. The SMILES string of the molecule is CC1(C)c2ccc(-c3ccc(-c4c5ccccc5c(C5=CC=CCC5)c5ccccc45)cc3)cc2-c2ccc3c(ccc4sc5ccccc5c43)c21. The molecule has 9 aromatic rings. The monoisotopic (exact) mass is 680 g/mol. The number of thiophene rings is 1. The third-order valence-corrected chi connectivity index (χ3v) is 13.1. The number of hydrogen-bond acceptors (Lipinski definition) is 1. The fourth-order valence-electron chi connectivity index (χ4n) is 9.58. The molecule has 1 heterocycles. The van der Waals surface area contributed by atoms with E-state index in [2.05, 4.69) is 172 Å². The van der Waals surface area contributed by atoms with Crippen molar-refractivity contribution < 1.29 is 0 Å². The Morgan fingerprint density at radius 1 is 0.500 bits per heavy atom. The molecule has 0 N–H and O–H groups in total. The number of hydrogen-bond donors (Lipinski definition) is 0. The van der Waals surface area contributed by atoms with Gasteiger partial charge in [0.05, 0.1) is 0 Å². The molecule has 0 saturated carbocycles. The molecule has 0 bridgehead atoms. The summed E-state index contributed by atoms with van der Waals surface area (Å²) >= 11 is 1.90. The van der Waals surface area contributed by atoms with Crippen molar-refractivity contribution in [1.82, 2.24) is 0 Å². The lowest BCUT2D eigenvalue weighted by Crippen LogP contribution is -2.15. The van der Waals surface area contributed by atoms with Gasteiger partial charge in [0.1, 0.15) is 0 Å². The minimum atomic E-state index is -0.0930. The molecule has 0 unspecified atom stereocenters. The standard InChI is InChI=1S/C51H36S/c1-51(2)44-28-24-34(30-43(44)41-26-25-39-40(50(41)51)27-29-46-49(39)42-18-10-11-19-45(42)52-46)31-20-22-33(23-21-31)48-37-16-8-6-14-35(37)47(32-12-4-3-5-13-32)36-15-7-9-17-38(36)48/h3-4,6-12,14-30H,5,13H2,1-2H3. The average Bonchev–Trinajstić information content (AvgIpc) is 3.69. The zero-order chi connectivity index (χ0) is 34.6. The number of fused-ring (bicyclic) bond motifs is 11. The van der Waals surface area contributed by atoms with Crippen LogP contribution in [0.3, 0.4) is 0 Å². The zero-order valence-corrected chi connectivity index (χ0v) is 30.2. The van der Waals surface area contributed by atoms with E-state index in [9.17, 15) is 0 Å². The van der Waals surface area contributed by atoms with Gasteiger partial charge in [-0.3, -0.25) is 0 Å². The molecule has 8 aromatic carbocycles. The van der Waals surface area contributed by atoms with E-state index in [4.69, 9.17) is 0 Å². The van der Waals surface area contributed by atoms with Gasteiger partial charge in [-0.25, -0.2) is 0 Å². The fraction of sp³-hybridized carbons (Fsp3) is 0.0980. The summed E-state index contributed by atoms with van der Waals surface area (Å²) in [5.41, 5.74) is 13.4. The highest BCUT2D eigenvalue weighted by atomic mass is 32.1. The van der Waals surface area contributed by atoms with Crippen LogP contribution < -0.4 is 0 Å². The molecule has 1 aromatic heterocycles. The van der Waals surface area contributed by atoms with Gasteiger partial charge in [-0.2, -0.15) is 0 Å². The highest BCUT2D eigenvalue weighted by molar-refractivity contribution is 7.26. The Hall–Kier alpha value is -5.76. The molecule has 11 rings (SSSR count). The van der Waals surface area contributed by atoms with Crippen molar-refractivity contribution >= 4 is 69.4 Å². The second kappa shape index (κ2) is 11.1. The van der Waals surface area contributed by atoms with Crippen LogP contribution in [-0.4, -0.2) is 0 Å². The zero-order valence-electron chi connectivity index (χ0n) is 29.3. The molecule has 0 fully saturated rings.